The van der Waals surface area contributed by atoms with Crippen LogP contribution in [0.3, 0.4) is 0 Å². The fourth-order valence-electron chi connectivity index (χ4n) is 1.02. The van der Waals surface area contributed by atoms with Crippen LogP contribution in [-0.4, -0.2) is 27.6 Å². The highest BCUT2D eigenvalue weighted by Crippen LogP contribution is 2.35. The maximum Gasteiger partial charge on any atom is 0.203 e. The first kappa shape index (κ1) is 14.3. The summed E-state index contributed by atoms with van der Waals surface area (Å²) >= 11 is 0. The van der Waals surface area contributed by atoms with E-state index in [1.165, 1.54) is 0 Å². The van der Waals surface area contributed by atoms with Crippen molar-refractivity contribution in [2.24, 2.45) is 0 Å². The number of carbonyl (C=O) groups is 1. The molecular formula is C12H18O4. The third-order valence-corrected chi connectivity index (χ3v) is 1.75. The van der Waals surface area contributed by atoms with Crippen molar-refractivity contribution in [3.05, 3.63) is 18.2 Å². The molecule has 0 radical (unpaired) electrons. The number of methoxy groups -OCH3 is 3. The van der Waals surface area contributed by atoms with Gasteiger partial charge in [-0.1, -0.05) is 13.0 Å². The fourth-order valence-corrected chi connectivity index (χ4v) is 1.02. The molecule has 4 nitrogen and oxygen atoms in total. The van der Waals surface area contributed by atoms with E-state index in [0.29, 0.717) is 23.7 Å². The molecule has 0 aliphatic heterocycles. The Hall–Kier alpha value is -1.71. The van der Waals surface area contributed by atoms with Crippen LogP contribution in [0.5, 0.6) is 17.2 Å². The summed E-state index contributed by atoms with van der Waals surface area (Å²) in [5, 5.41) is 0. The van der Waals surface area contributed by atoms with Crippen LogP contribution in [0.4, 0.5) is 0 Å². The molecule has 0 saturated heterocycles. The summed E-state index contributed by atoms with van der Waals surface area (Å²) in [6.07, 6.45) is 1.51. The molecule has 4 heteroatoms. The first-order chi connectivity index (χ1) is 7.74. The Morgan fingerprint density at radius 1 is 1.06 bits per heavy atom. The summed E-state index contributed by atoms with van der Waals surface area (Å²) < 4.78 is 15.3. The first-order valence-electron chi connectivity index (χ1n) is 4.93. The van der Waals surface area contributed by atoms with Crippen LogP contribution in [0.1, 0.15) is 13.3 Å². The second kappa shape index (κ2) is 8.59. The number of carbonyl (C=O) groups excluding carboxylic acids is 1. The van der Waals surface area contributed by atoms with Gasteiger partial charge in [-0.05, 0) is 12.1 Å². The molecule has 0 bridgehead atoms. The third kappa shape index (κ3) is 4.21. The lowest BCUT2D eigenvalue weighted by Crippen LogP contribution is -1.93. The molecule has 90 valence electrons. The smallest absolute Gasteiger partial charge is 0.203 e. The quantitative estimate of drug-likeness (QED) is 0.739. The number of rotatable bonds is 4. The predicted octanol–water partition coefficient (Wildman–Crippen LogP) is 2.31. The maximum absolute atomic E-state index is 9.17. The van der Waals surface area contributed by atoms with Gasteiger partial charge in [0, 0.05) is 6.42 Å². The van der Waals surface area contributed by atoms with E-state index in [1.54, 1.807) is 21.3 Å². The molecule has 0 spiro atoms. The lowest BCUT2D eigenvalue weighted by atomic mass is 10.3. The molecule has 16 heavy (non-hydrogen) atoms. The molecular weight excluding hydrogens is 208 g/mol. The molecule has 1 aromatic rings. The molecule has 0 aliphatic rings. The molecule has 1 rings (SSSR count). The van der Waals surface area contributed by atoms with Crippen molar-refractivity contribution in [1.29, 1.82) is 0 Å². The van der Waals surface area contributed by atoms with Crippen molar-refractivity contribution in [3.8, 4) is 17.2 Å². The van der Waals surface area contributed by atoms with Crippen LogP contribution in [0.2, 0.25) is 0 Å². The zero-order chi connectivity index (χ0) is 12.4. The van der Waals surface area contributed by atoms with Gasteiger partial charge < -0.3 is 19.0 Å². The zero-order valence-corrected chi connectivity index (χ0v) is 10.1. The highest BCUT2D eigenvalue weighted by atomic mass is 16.5. The third-order valence-electron chi connectivity index (χ3n) is 1.75. The Balaban J connectivity index is 0.000000487. The van der Waals surface area contributed by atoms with Gasteiger partial charge in [0.2, 0.25) is 5.75 Å². The van der Waals surface area contributed by atoms with Gasteiger partial charge in [-0.15, -0.1) is 0 Å². The summed E-state index contributed by atoms with van der Waals surface area (Å²) in [4.78, 5) is 9.17. The molecule has 0 N–H and O–H groups in total. The minimum atomic E-state index is 0.627. The fraction of sp³-hybridized carbons (Fsp3) is 0.417. The van der Waals surface area contributed by atoms with Crippen molar-refractivity contribution in [1.82, 2.24) is 0 Å². The number of ether oxygens (including phenoxy) is 3. The Bertz CT molecular complexity index is 288. The summed E-state index contributed by atoms with van der Waals surface area (Å²) in [7, 11) is 4.77. The van der Waals surface area contributed by atoms with Gasteiger partial charge in [0.15, 0.2) is 11.5 Å². The SMILES string of the molecule is CCC=O.COc1cccc(OC)c1OC. The predicted molar refractivity (Wildman–Crippen MR) is 62.5 cm³/mol. The molecule has 1 aromatic carbocycles. The average molecular weight is 226 g/mol. The van der Waals surface area contributed by atoms with E-state index in [9.17, 15) is 4.79 Å². The average Bonchev–Trinajstić information content (AvgIpc) is 2.37. The Morgan fingerprint density at radius 3 is 1.75 bits per heavy atom. The van der Waals surface area contributed by atoms with Crippen molar-refractivity contribution >= 4 is 6.29 Å². The Kier molecular flexibility index (Phi) is 7.67. The molecule has 0 fully saturated rings. The molecule has 0 saturated carbocycles. The monoisotopic (exact) mass is 226 g/mol. The van der Waals surface area contributed by atoms with Gasteiger partial charge >= 0.3 is 0 Å². The van der Waals surface area contributed by atoms with Gasteiger partial charge in [0.1, 0.15) is 6.29 Å². The highest BCUT2D eigenvalue weighted by Gasteiger charge is 2.08. The van der Waals surface area contributed by atoms with E-state index in [2.05, 4.69) is 0 Å². The number of para-hydroxylation sites is 1. The summed E-state index contributed by atoms with van der Waals surface area (Å²) in [6, 6.07) is 5.49. The molecule has 0 unspecified atom stereocenters. The van der Waals surface area contributed by atoms with E-state index < -0.39 is 0 Å². The van der Waals surface area contributed by atoms with E-state index in [4.69, 9.17) is 14.2 Å². The van der Waals surface area contributed by atoms with Crippen molar-refractivity contribution in [3.63, 3.8) is 0 Å². The Labute approximate surface area is 96.1 Å². The van der Waals surface area contributed by atoms with E-state index in [-0.39, 0.29) is 0 Å². The summed E-state index contributed by atoms with van der Waals surface area (Å²) in [6.45, 7) is 1.81. The second-order valence-electron chi connectivity index (χ2n) is 2.77. The number of hydrogen-bond acceptors (Lipinski definition) is 4. The lowest BCUT2D eigenvalue weighted by molar-refractivity contribution is -0.107. The van der Waals surface area contributed by atoms with Crippen LogP contribution >= 0.6 is 0 Å². The van der Waals surface area contributed by atoms with Crippen molar-refractivity contribution in [2.45, 2.75) is 13.3 Å². The number of benzene rings is 1. The molecule has 0 aliphatic carbocycles. The molecule has 0 atom stereocenters. The van der Waals surface area contributed by atoms with Gasteiger partial charge in [-0.3, -0.25) is 0 Å². The van der Waals surface area contributed by atoms with Crippen LogP contribution in [0.25, 0.3) is 0 Å². The topological polar surface area (TPSA) is 44.8 Å². The molecule has 0 aromatic heterocycles. The Morgan fingerprint density at radius 2 is 1.50 bits per heavy atom. The van der Waals surface area contributed by atoms with Gasteiger partial charge in [-0.2, -0.15) is 0 Å². The second-order valence-corrected chi connectivity index (χ2v) is 2.77. The van der Waals surface area contributed by atoms with E-state index in [0.717, 1.165) is 6.29 Å². The standard InChI is InChI=1S/C9H12O3.C3H6O/c1-10-7-5-4-6-8(11-2)9(7)12-3;1-2-3-4/h4-6H,1-3H3;3H,2H2,1H3. The van der Waals surface area contributed by atoms with Gasteiger partial charge in [0.05, 0.1) is 21.3 Å². The molecule has 0 heterocycles. The normalized spacial score (nSPS) is 8.50. The maximum atomic E-state index is 9.17. The number of hydrogen-bond donors (Lipinski definition) is 0. The summed E-state index contributed by atoms with van der Waals surface area (Å²) in [5.74, 6) is 1.98. The van der Waals surface area contributed by atoms with Crippen molar-refractivity contribution in [2.75, 3.05) is 21.3 Å². The van der Waals surface area contributed by atoms with Crippen molar-refractivity contribution < 1.29 is 19.0 Å². The minimum Gasteiger partial charge on any atom is -0.493 e. The lowest BCUT2D eigenvalue weighted by Gasteiger charge is -2.10. The first-order valence-corrected chi connectivity index (χ1v) is 4.93. The van der Waals surface area contributed by atoms with Crippen LogP contribution in [0, 0.1) is 0 Å². The minimum absolute atomic E-state index is 0.627. The van der Waals surface area contributed by atoms with Crippen LogP contribution < -0.4 is 14.2 Å². The zero-order valence-electron chi connectivity index (χ0n) is 10.1. The van der Waals surface area contributed by atoms with E-state index >= 15 is 0 Å². The number of aldehydes is 1. The van der Waals surface area contributed by atoms with E-state index in [1.807, 2.05) is 25.1 Å². The van der Waals surface area contributed by atoms with Crippen LogP contribution in [0.15, 0.2) is 18.2 Å². The largest absolute Gasteiger partial charge is 0.493 e. The summed E-state index contributed by atoms with van der Waals surface area (Å²) in [5.41, 5.74) is 0. The highest BCUT2D eigenvalue weighted by molar-refractivity contribution is 5.50. The van der Waals surface area contributed by atoms with Gasteiger partial charge in [0.25, 0.3) is 0 Å². The molecule has 0 amide bonds. The van der Waals surface area contributed by atoms with Gasteiger partial charge in [-0.25, -0.2) is 0 Å². The van der Waals surface area contributed by atoms with Crippen LogP contribution in [-0.2, 0) is 4.79 Å².